The SMILES string of the molecule is COc1cnn(C(C)C)c1C(NN)c1ccncn1. The number of nitrogens with zero attached hydrogens (tertiary/aromatic N) is 4. The van der Waals surface area contributed by atoms with Gasteiger partial charge in [0.2, 0.25) is 0 Å². The molecule has 0 aliphatic carbocycles. The van der Waals surface area contributed by atoms with E-state index in [9.17, 15) is 0 Å². The van der Waals surface area contributed by atoms with E-state index in [0.29, 0.717) is 5.75 Å². The maximum Gasteiger partial charge on any atom is 0.162 e. The Bertz CT molecular complexity index is 524. The predicted octanol–water partition coefficient (Wildman–Crippen LogP) is 0.815. The third kappa shape index (κ3) is 2.56. The summed E-state index contributed by atoms with van der Waals surface area (Å²) in [6.07, 6.45) is 4.85. The van der Waals surface area contributed by atoms with Crippen LogP contribution in [0.5, 0.6) is 5.75 Å². The molecule has 0 saturated carbocycles. The van der Waals surface area contributed by atoms with Crippen molar-refractivity contribution < 1.29 is 4.74 Å². The van der Waals surface area contributed by atoms with Crippen LogP contribution in [0.3, 0.4) is 0 Å². The first-order chi connectivity index (χ1) is 9.19. The second-order valence-electron chi connectivity index (χ2n) is 4.37. The lowest BCUT2D eigenvalue weighted by Gasteiger charge is -2.20. The van der Waals surface area contributed by atoms with Crippen molar-refractivity contribution in [3.63, 3.8) is 0 Å². The predicted molar refractivity (Wildman–Crippen MR) is 70.4 cm³/mol. The standard InChI is InChI=1S/C12H18N6O/c1-8(2)18-12(10(19-3)6-16-18)11(17-13)9-4-5-14-7-15-9/h4-8,11,17H,13H2,1-3H3. The van der Waals surface area contributed by atoms with E-state index in [0.717, 1.165) is 11.4 Å². The molecule has 2 aromatic rings. The van der Waals surface area contributed by atoms with E-state index in [1.54, 1.807) is 19.5 Å². The van der Waals surface area contributed by atoms with Crippen molar-refractivity contribution >= 4 is 0 Å². The summed E-state index contributed by atoms with van der Waals surface area (Å²) >= 11 is 0. The molecule has 2 heterocycles. The molecule has 1 unspecified atom stereocenters. The molecule has 19 heavy (non-hydrogen) atoms. The molecular formula is C12H18N6O. The zero-order valence-corrected chi connectivity index (χ0v) is 11.2. The van der Waals surface area contributed by atoms with Crippen LogP contribution in [0.4, 0.5) is 0 Å². The van der Waals surface area contributed by atoms with Crippen LogP contribution in [-0.2, 0) is 0 Å². The van der Waals surface area contributed by atoms with Gasteiger partial charge in [0, 0.05) is 12.2 Å². The van der Waals surface area contributed by atoms with Crippen molar-refractivity contribution in [2.45, 2.75) is 25.9 Å². The zero-order valence-electron chi connectivity index (χ0n) is 11.2. The molecule has 102 valence electrons. The fourth-order valence-corrected chi connectivity index (χ4v) is 1.98. The number of methoxy groups -OCH3 is 1. The molecular weight excluding hydrogens is 244 g/mol. The van der Waals surface area contributed by atoms with Crippen molar-refractivity contribution in [2.75, 3.05) is 7.11 Å². The van der Waals surface area contributed by atoms with Gasteiger partial charge in [-0.05, 0) is 19.9 Å². The molecule has 0 amide bonds. The number of rotatable bonds is 5. The Labute approximate surface area is 111 Å². The molecule has 1 atom stereocenters. The molecule has 7 heteroatoms. The number of hydrogen-bond donors (Lipinski definition) is 2. The van der Waals surface area contributed by atoms with Crippen molar-refractivity contribution in [3.05, 3.63) is 36.2 Å². The van der Waals surface area contributed by atoms with Crippen LogP contribution in [0.25, 0.3) is 0 Å². The number of nitrogens with one attached hydrogen (secondary N) is 1. The van der Waals surface area contributed by atoms with Crippen molar-refractivity contribution in [2.24, 2.45) is 5.84 Å². The molecule has 0 aromatic carbocycles. The Morgan fingerprint density at radius 2 is 2.21 bits per heavy atom. The second kappa shape index (κ2) is 5.77. The average Bonchev–Trinajstić information content (AvgIpc) is 2.85. The van der Waals surface area contributed by atoms with Gasteiger partial charge in [0.25, 0.3) is 0 Å². The van der Waals surface area contributed by atoms with Crippen LogP contribution < -0.4 is 16.0 Å². The molecule has 0 fully saturated rings. The summed E-state index contributed by atoms with van der Waals surface area (Å²) in [4.78, 5) is 8.14. The van der Waals surface area contributed by atoms with E-state index in [4.69, 9.17) is 10.6 Å². The largest absolute Gasteiger partial charge is 0.493 e. The highest BCUT2D eigenvalue weighted by Crippen LogP contribution is 2.30. The van der Waals surface area contributed by atoms with Gasteiger partial charge >= 0.3 is 0 Å². The first-order valence-corrected chi connectivity index (χ1v) is 6.02. The topological polar surface area (TPSA) is 90.9 Å². The van der Waals surface area contributed by atoms with Gasteiger partial charge in [-0.1, -0.05) is 0 Å². The third-order valence-electron chi connectivity index (χ3n) is 2.85. The fraction of sp³-hybridized carbons (Fsp3) is 0.417. The molecule has 7 nitrogen and oxygen atoms in total. The highest BCUT2D eigenvalue weighted by molar-refractivity contribution is 5.33. The van der Waals surface area contributed by atoms with E-state index in [1.807, 2.05) is 24.6 Å². The fourth-order valence-electron chi connectivity index (χ4n) is 1.98. The van der Waals surface area contributed by atoms with Gasteiger partial charge in [-0.2, -0.15) is 5.10 Å². The Morgan fingerprint density at radius 3 is 2.74 bits per heavy atom. The smallest absolute Gasteiger partial charge is 0.162 e. The minimum Gasteiger partial charge on any atom is -0.493 e. The molecule has 0 saturated heterocycles. The van der Waals surface area contributed by atoms with E-state index < -0.39 is 0 Å². The quantitative estimate of drug-likeness (QED) is 0.612. The lowest BCUT2D eigenvalue weighted by molar-refractivity contribution is 0.393. The van der Waals surface area contributed by atoms with Gasteiger partial charge in [0.1, 0.15) is 18.1 Å². The van der Waals surface area contributed by atoms with Crippen LogP contribution >= 0.6 is 0 Å². The summed E-state index contributed by atoms with van der Waals surface area (Å²) < 4.78 is 7.22. The summed E-state index contributed by atoms with van der Waals surface area (Å²) in [6.45, 7) is 4.09. The highest BCUT2D eigenvalue weighted by atomic mass is 16.5. The normalized spacial score (nSPS) is 12.7. The zero-order chi connectivity index (χ0) is 13.8. The summed E-state index contributed by atoms with van der Waals surface area (Å²) in [5, 5.41) is 4.33. The number of nitrogens with two attached hydrogens (primary N) is 1. The van der Waals surface area contributed by atoms with E-state index in [1.165, 1.54) is 6.33 Å². The minimum atomic E-state index is -0.303. The van der Waals surface area contributed by atoms with Crippen molar-refractivity contribution in [3.8, 4) is 5.75 Å². The van der Waals surface area contributed by atoms with Crippen molar-refractivity contribution in [1.29, 1.82) is 0 Å². The molecule has 0 aliphatic heterocycles. The number of aromatic nitrogens is 4. The molecule has 3 N–H and O–H groups in total. The van der Waals surface area contributed by atoms with E-state index in [2.05, 4.69) is 20.5 Å². The highest BCUT2D eigenvalue weighted by Gasteiger charge is 2.24. The maximum atomic E-state index is 5.68. The Hall–Kier alpha value is -1.99. The monoisotopic (exact) mass is 262 g/mol. The molecule has 0 spiro atoms. The lowest BCUT2D eigenvalue weighted by atomic mass is 10.1. The molecule has 2 aromatic heterocycles. The van der Waals surface area contributed by atoms with Crippen LogP contribution in [-0.4, -0.2) is 26.9 Å². The van der Waals surface area contributed by atoms with Gasteiger partial charge in [-0.3, -0.25) is 10.5 Å². The van der Waals surface area contributed by atoms with Crippen LogP contribution in [0.1, 0.15) is 37.3 Å². The summed E-state index contributed by atoms with van der Waals surface area (Å²) in [6, 6.07) is 1.70. The van der Waals surface area contributed by atoms with E-state index in [-0.39, 0.29) is 12.1 Å². The van der Waals surface area contributed by atoms with Crippen molar-refractivity contribution in [1.82, 2.24) is 25.2 Å². The van der Waals surface area contributed by atoms with Gasteiger partial charge < -0.3 is 4.74 Å². The Kier molecular flexibility index (Phi) is 4.08. The van der Waals surface area contributed by atoms with Gasteiger partial charge in [0.15, 0.2) is 5.75 Å². The molecule has 0 radical (unpaired) electrons. The van der Waals surface area contributed by atoms with Crippen LogP contribution in [0.2, 0.25) is 0 Å². The van der Waals surface area contributed by atoms with Gasteiger partial charge in [-0.25, -0.2) is 15.4 Å². The Balaban J connectivity index is 2.51. The van der Waals surface area contributed by atoms with Gasteiger partial charge in [-0.15, -0.1) is 0 Å². The molecule has 0 bridgehead atoms. The maximum absolute atomic E-state index is 5.68. The van der Waals surface area contributed by atoms with Gasteiger partial charge in [0.05, 0.1) is 19.0 Å². The number of hydrazine groups is 1. The third-order valence-corrected chi connectivity index (χ3v) is 2.85. The number of hydrogen-bond acceptors (Lipinski definition) is 6. The van der Waals surface area contributed by atoms with Crippen LogP contribution in [0, 0.1) is 0 Å². The van der Waals surface area contributed by atoms with E-state index >= 15 is 0 Å². The second-order valence-corrected chi connectivity index (χ2v) is 4.37. The first kappa shape index (κ1) is 13.4. The summed E-state index contributed by atoms with van der Waals surface area (Å²) in [5.74, 6) is 6.36. The number of ether oxygens (including phenoxy) is 1. The van der Waals surface area contributed by atoms with Crippen LogP contribution in [0.15, 0.2) is 24.8 Å². The molecule has 0 aliphatic rings. The summed E-state index contributed by atoms with van der Waals surface area (Å²) in [5.41, 5.74) is 4.37. The minimum absolute atomic E-state index is 0.191. The summed E-state index contributed by atoms with van der Waals surface area (Å²) in [7, 11) is 1.61. The Morgan fingerprint density at radius 1 is 1.42 bits per heavy atom. The lowest BCUT2D eigenvalue weighted by Crippen LogP contribution is -2.32. The first-order valence-electron chi connectivity index (χ1n) is 6.02. The molecule has 2 rings (SSSR count). The average molecular weight is 262 g/mol.